The smallest absolute Gasteiger partial charge is 0.262 e. The lowest BCUT2D eigenvalue weighted by atomic mass is 9.61. The molecule has 0 saturated heterocycles. The second kappa shape index (κ2) is 7.12. The summed E-state index contributed by atoms with van der Waals surface area (Å²) < 4.78 is 10.9. The molecule has 0 radical (unpaired) electrons. The van der Waals surface area contributed by atoms with E-state index in [2.05, 4.69) is 6.07 Å². The predicted molar refractivity (Wildman–Crippen MR) is 108 cm³/mol. The Kier molecular flexibility index (Phi) is 4.88. The van der Waals surface area contributed by atoms with Gasteiger partial charge in [0.15, 0.2) is 11.5 Å². The van der Waals surface area contributed by atoms with E-state index >= 15 is 0 Å². The first-order chi connectivity index (χ1) is 13.9. The van der Waals surface area contributed by atoms with Gasteiger partial charge >= 0.3 is 0 Å². The molecular formula is C22H28N4O3. The Bertz CT molecular complexity index is 898. The molecule has 3 aliphatic rings. The molecule has 1 saturated carbocycles. The molecule has 154 valence electrons. The average molecular weight is 396 g/mol. The molecule has 2 N–H and O–H groups in total. The van der Waals surface area contributed by atoms with E-state index in [4.69, 9.17) is 20.2 Å². The van der Waals surface area contributed by atoms with Gasteiger partial charge in [0.25, 0.3) is 5.91 Å². The van der Waals surface area contributed by atoms with Crippen LogP contribution in [0, 0.1) is 16.7 Å². The molecule has 1 aromatic rings. The SMILES string of the molecule is COCC(C)N1C(=O)C2(N=C1N)c1cc(C#N)ccc1CC21CCC(OC)CC1. The highest BCUT2D eigenvalue weighted by Gasteiger charge is 2.67. The second-order valence-corrected chi connectivity index (χ2v) is 8.54. The highest BCUT2D eigenvalue weighted by molar-refractivity contribution is 6.08. The standard InChI is InChI=1S/C22H28N4O3/c1-14(13-28-2)26-19(27)22(25-20(26)24)18-10-15(12-23)4-5-16(18)11-21(22)8-6-17(29-3)7-9-21/h4-5,10,14,17H,6-9,11,13H2,1-3H3,(H2,24,25). The van der Waals surface area contributed by atoms with Crippen LogP contribution in [0.5, 0.6) is 0 Å². The van der Waals surface area contributed by atoms with Crippen molar-refractivity contribution in [3.8, 4) is 6.07 Å². The lowest BCUT2D eigenvalue weighted by Gasteiger charge is -2.45. The largest absolute Gasteiger partial charge is 0.383 e. The highest BCUT2D eigenvalue weighted by Crippen LogP contribution is 2.62. The summed E-state index contributed by atoms with van der Waals surface area (Å²) in [7, 11) is 3.35. The molecule has 0 bridgehead atoms. The van der Waals surface area contributed by atoms with Gasteiger partial charge in [-0.25, -0.2) is 4.99 Å². The number of ether oxygens (including phenoxy) is 2. The molecule has 2 atom stereocenters. The van der Waals surface area contributed by atoms with Crippen LogP contribution in [0.3, 0.4) is 0 Å². The number of aliphatic imine (C=N–C) groups is 1. The van der Waals surface area contributed by atoms with Crippen LogP contribution in [-0.2, 0) is 26.2 Å². The van der Waals surface area contributed by atoms with E-state index in [1.165, 1.54) is 0 Å². The number of guanidine groups is 1. The number of hydrogen-bond donors (Lipinski definition) is 1. The molecule has 29 heavy (non-hydrogen) atoms. The number of nitriles is 1. The van der Waals surface area contributed by atoms with Gasteiger partial charge in [0.2, 0.25) is 0 Å². The molecule has 1 aromatic carbocycles. The number of amides is 1. The molecule has 2 spiro atoms. The fourth-order valence-electron chi connectivity index (χ4n) is 5.65. The maximum atomic E-state index is 14.0. The van der Waals surface area contributed by atoms with Crippen LogP contribution in [0.25, 0.3) is 0 Å². The summed E-state index contributed by atoms with van der Waals surface area (Å²) in [6, 6.07) is 7.63. The lowest BCUT2D eigenvalue weighted by Crippen LogP contribution is -2.54. The second-order valence-electron chi connectivity index (χ2n) is 8.54. The number of rotatable bonds is 4. The van der Waals surface area contributed by atoms with Crippen molar-refractivity contribution in [2.24, 2.45) is 16.1 Å². The molecule has 2 unspecified atom stereocenters. The van der Waals surface area contributed by atoms with Crippen molar-refractivity contribution in [1.82, 2.24) is 4.90 Å². The van der Waals surface area contributed by atoms with Crippen LogP contribution in [0.15, 0.2) is 23.2 Å². The third-order valence-electron chi connectivity index (χ3n) is 7.05. The fourth-order valence-corrected chi connectivity index (χ4v) is 5.65. The van der Waals surface area contributed by atoms with E-state index in [9.17, 15) is 10.1 Å². The van der Waals surface area contributed by atoms with Crippen LogP contribution in [0.1, 0.15) is 49.3 Å². The van der Waals surface area contributed by atoms with Crippen molar-refractivity contribution in [3.63, 3.8) is 0 Å². The van der Waals surface area contributed by atoms with Crippen LogP contribution >= 0.6 is 0 Å². The van der Waals surface area contributed by atoms with Crippen molar-refractivity contribution < 1.29 is 14.3 Å². The molecule has 7 nitrogen and oxygen atoms in total. The Morgan fingerprint density at radius 1 is 1.38 bits per heavy atom. The summed E-state index contributed by atoms with van der Waals surface area (Å²) in [5.41, 5.74) is 7.39. The Labute approximate surface area is 171 Å². The first kappa shape index (κ1) is 19.9. The molecule has 1 aliphatic heterocycles. The van der Waals surface area contributed by atoms with E-state index in [-0.39, 0.29) is 29.4 Å². The van der Waals surface area contributed by atoms with Gasteiger partial charge in [0, 0.05) is 19.6 Å². The maximum absolute atomic E-state index is 14.0. The lowest BCUT2D eigenvalue weighted by molar-refractivity contribution is -0.140. The van der Waals surface area contributed by atoms with Gasteiger partial charge in [-0.3, -0.25) is 9.69 Å². The predicted octanol–water partition coefficient (Wildman–Crippen LogP) is 2.08. The third kappa shape index (κ3) is 2.70. The molecule has 1 amide bonds. The monoisotopic (exact) mass is 396 g/mol. The van der Waals surface area contributed by atoms with Crippen molar-refractivity contribution in [3.05, 3.63) is 34.9 Å². The van der Waals surface area contributed by atoms with Crippen LogP contribution < -0.4 is 5.73 Å². The number of carbonyl (C=O) groups is 1. The number of nitrogens with zero attached hydrogens (tertiary/aromatic N) is 3. The Morgan fingerprint density at radius 3 is 2.72 bits per heavy atom. The number of methoxy groups -OCH3 is 2. The molecule has 0 aromatic heterocycles. The van der Waals surface area contributed by atoms with Gasteiger partial charge in [-0.2, -0.15) is 5.26 Å². The quantitative estimate of drug-likeness (QED) is 0.840. The first-order valence-corrected chi connectivity index (χ1v) is 10.2. The fraction of sp³-hybridized carbons (Fsp3) is 0.591. The van der Waals surface area contributed by atoms with Gasteiger partial charge < -0.3 is 15.2 Å². The molecular weight excluding hydrogens is 368 g/mol. The third-order valence-corrected chi connectivity index (χ3v) is 7.05. The summed E-state index contributed by atoms with van der Waals surface area (Å²) in [4.78, 5) is 20.5. The summed E-state index contributed by atoms with van der Waals surface area (Å²) >= 11 is 0. The first-order valence-electron chi connectivity index (χ1n) is 10.2. The minimum absolute atomic E-state index is 0.0933. The van der Waals surface area contributed by atoms with E-state index in [1.54, 1.807) is 19.1 Å². The maximum Gasteiger partial charge on any atom is 0.262 e. The summed E-state index contributed by atoms with van der Waals surface area (Å²) in [6.07, 6.45) is 4.40. The van der Waals surface area contributed by atoms with Gasteiger partial charge in [-0.05, 0) is 62.3 Å². The van der Waals surface area contributed by atoms with E-state index in [0.29, 0.717) is 12.2 Å². The number of fused-ring (bicyclic) bond motifs is 3. The number of hydrogen-bond acceptors (Lipinski definition) is 6. The number of nitrogens with two attached hydrogens (primary N) is 1. The van der Waals surface area contributed by atoms with Gasteiger partial charge in [-0.15, -0.1) is 0 Å². The van der Waals surface area contributed by atoms with Crippen LogP contribution in [-0.4, -0.2) is 49.7 Å². The highest BCUT2D eigenvalue weighted by atomic mass is 16.5. The molecule has 1 heterocycles. The van der Waals surface area contributed by atoms with Crippen molar-refractivity contribution in [2.45, 2.75) is 56.7 Å². The number of carbonyl (C=O) groups excluding carboxylic acids is 1. The van der Waals surface area contributed by atoms with E-state index < -0.39 is 5.54 Å². The van der Waals surface area contributed by atoms with Crippen LogP contribution in [0.4, 0.5) is 0 Å². The zero-order valence-corrected chi connectivity index (χ0v) is 17.3. The summed E-state index contributed by atoms with van der Waals surface area (Å²) in [6.45, 7) is 2.29. The topological polar surface area (TPSA) is 101 Å². The minimum atomic E-state index is -1.07. The summed E-state index contributed by atoms with van der Waals surface area (Å²) in [5.74, 6) is 0.146. The van der Waals surface area contributed by atoms with Gasteiger partial charge in [-0.1, -0.05) is 6.07 Å². The summed E-state index contributed by atoms with van der Waals surface area (Å²) in [5, 5.41) is 9.46. The molecule has 4 rings (SSSR count). The Hall–Kier alpha value is -2.43. The van der Waals surface area contributed by atoms with Gasteiger partial charge in [0.05, 0.1) is 30.4 Å². The minimum Gasteiger partial charge on any atom is -0.383 e. The number of benzene rings is 1. The van der Waals surface area contributed by atoms with Crippen molar-refractivity contribution in [2.75, 3.05) is 20.8 Å². The van der Waals surface area contributed by atoms with E-state index in [0.717, 1.165) is 43.2 Å². The van der Waals surface area contributed by atoms with Crippen molar-refractivity contribution in [1.29, 1.82) is 5.26 Å². The van der Waals surface area contributed by atoms with Crippen LogP contribution in [0.2, 0.25) is 0 Å². The Morgan fingerprint density at radius 2 is 2.10 bits per heavy atom. The van der Waals surface area contributed by atoms with E-state index in [1.807, 2.05) is 25.1 Å². The molecule has 7 heteroatoms. The zero-order chi connectivity index (χ0) is 20.8. The normalized spacial score (nSPS) is 31.8. The zero-order valence-electron chi connectivity index (χ0n) is 17.3. The molecule has 2 aliphatic carbocycles. The Balaban J connectivity index is 1.86. The molecule has 1 fully saturated rings. The average Bonchev–Trinajstić information content (AvgIpc) is 3.14. The van der Waals surface area contributed by atoms with Crippen molar-refractivity contribution >= 4 is 11.9 Å². The van der Waals surface area contributed by atoms with Gasteiger partial charge in [0.1, 0.15) is 0 Å².